The minimum absolute atomic E-state index is 0.475. The van der Waals surface area contributed by atoms with Crippen LogP contribution in [0.5, 0.6) is 0 Å². The molecule has 1 aliphatic heterocycles. The van der Waals surface area contributed by atoms with Crippen molar-refractivity contribution in [2.24, 2.45) is 10.9 Å². The predicted molar refractivity (Wildman–Crippen MR) is 83.3 cm³/mol. The minimum atomic E-state index is 0.475. The number of para-hydroxylation sites is 1. The highest BCUT2D eigenvalue weighted by molar-refractivity contribution is 7.99. The summed E-state index contributed by atoms with van der Waals surface area (Å²) >= 11 is 1.79. The van der Waals surface area contributed by atoms with E-state index in [9.17, 15) is 0 Å². The van der Waals surface area contributed by atoms with E-state index in [1.165, 1.54) is 15.5 Å². The van der Waals surface area contributed by atoms with Gasteiger partial charge in [-0.3, -0.25) is 4.99 Å². The molecule has 1 aliphatic rings. The molecule has 0 aliphatic carbocycles. The molecule has 0 atom stereocenters. The summed E-state index contributed by atoms with van der Waals surface area (Å²) in [4.78, 5) is 7.00. The second kappa shape index (κ2) is 5.10. The van der Waals surface area contributed by atoms with Gasteiger partial charge in [0.05, 0.1) is 17.1 Å². The van der Waals surface area contributed by atoms with Crippen LogP contribution in [0, 0.1) is 5.92 Å². The minimum Gasteiger partial charge on any atom is -0.354 e. The van der Waals surface area contributed by atoms with E-state index < -0.39 is 0 Å². The van der Waals surface area contributed by atoms with Gasteiger partial charge in [-0.25, -0.2) is 0 Å². The molecule has 0 bridgehead atoms. The molecular weight excluding hydrogens is 252 g/mol. The number of hydrogen-bond donors (Lipinski definition) is 1. The van der Waals surface area contributed by atoms with Crippen LogP contribution >= 0.6 is 11.8 Å². The Hall–Kier alpha value is -1.74. The van der Waals surface area contributed by atoms with Gasteiger partial charge in [0.1, 0.15) is 0 Å². The van der Waals surface area contributed by atoms with Crippen molar-refractivity contribution < 1.29 is 0 Å². The molecule has 0 aromatic heterocycles. The first-order valence-corrected chi connectivity index (χ1v) is 7.26. The van der Waals surface area contributed by atoms with Crippen LogP contribution in [-0.2, 0) is 0 Å². The fraction of sp³-hybridized carbons (Fsp3) is 0.188. The zero-order valence-electron chi connectivity index (χ0n) is 11.1. The van der Waals surface area contributed by atoms with Crippen molar-refractivity contribution in [3.63, 3.8) is 0 Å². The van der Waals surface area contributed by atoms with Crippen LogP contribution in [0.15, 0.2) is 57.2 Å². The fourth-order valence-electron chi connectivity index (χ4n) is 1.94. The average molecular weight is 268 g/mol. The van der Waals surface area contributed by atoms with Crippen molar-refractivity contribution >= 4 is 35.0 Å². The molecule has 1 N–H and O–H groups in total. The van der Waals surface area contributed by atoms with Gasteiger partial charge in [-0.2, -0.15) is 0 Å². The summed E-state index contributed by atoms with van der Waals surface area (Å²) in [7, 11) is 0. The Morgan fingerprint density at radius 3 is 2.68 bits per heavy atom. The normalized spacial score (nSPS) is 13.2. The van der Waals surface area contributed by atoms with E-state index in [2.05, 4.69) is 66.6 Å². The summed E-state index contributed by atoms with van der Waals surface area (Å²) in [5, 5.41) is 3.46. The number of nitrogens with zero attached hydrogens (tertiary/aromatic N) is 1. The molecule has 3 heteroatoms. The molecule has 1 heterocycles. The van der Waals surface area contributed by atoms with E-state index >= 15 is 0 Å². The molecule has 0 amide bonds. The third-order valence-corrected chi connectivity index (χ3v) is 4.00. The number of rotatable bonds is 2. The highest BCUT2D eigenvalue weighted by Gasteiger charge is 2.14. The highest BCUT2D eigenvalue weighted by atomic mass is 32.2. The quantitative estimate of drug-likeness (QED) is 0.642. The molecule has 2 aromatic carbocycles. The van der Waals surface area contributed by atoms with Gasteiger partial charge in [0.2, 0.25) is 0 Å². The van der Waals surface area contributed by atoms with Gasteiger partial charge in [-0.1, -0.05) is 37.7 Å². The van der Waals surface area contributed by atoms with Crippen LogP contribution in [0.2, 0.25) is 0 Å². The van der Waals surface area contributed by atoms with Gasteiger partial charge in [0.15, 0.2) is 0 Å². The van der Waals surface area contributed by atoms with Crippen molar-refractivity contribution in [2.45, 2.75) is 23.6 Å². The topological polar surface area (TPSA) is 24.4 Å². The van der Waals surface area contributed by atoms with E-state index in [1.807, 2.05) is 6.21 Å². The summed E-state index contributed by atoms with van der Waals surface area (Å²) in [5.74, 6) is 0.475. The molecule has 0 fully saturated rings. The van der Waals surface area contributed by atoms with Crippen molar-refractivity contribution in [2.75, 3.05) is 5.32 Å². The lowest BCUT2D eigenvalue weighted by molar-refractivity contribution is 0.907. The van der Waals surface area contributed by atoms with Gasteiger partial charge in [0.25, 0.3) is 0 Å². The average Bonchev–Trinajstić information content (AvgIpc) is 2.42. The zero-order valence-corrected chi connectivity index (χ0v) is 11.9. The number of anilines is 2. The van der Waals surface area contributed by atoms with E-state index in [0.29, 0.717) is 5.92 Å². The lowest BCUT2D eigenvalue weighted by atomic mass is 10.2. The second-order valence-corrected chi connectivity index (χ2v) is 6.01. The summed E-state index contributed by atoms with van der Waals surface area (Å²) in [5.41, 5.74) is 3.35. The monoisotopic (exact) mass is 268 g/mol. The summed E-state index contributed by atoms with van der Waals surface area (Å²) in [6, 6.07) is 14.7. The van der Waals surface area contributed by atoms with Crippen LogP contribution in [0.3, 0.4) is 0 Å². The van der Waals surface area contributed by atoms with E-state index in [-0.39, 0.29) is 0 Å². The number of benzene rings is 2. The van der Waals surface area contributed by atoms with Crippen molar-refractivity contribution in [1.82, 2.24) is 0 Å². The van der Waals surface area contributed by atoms with Crippen LogP contribution in [0.25, 0.3) is 0 Å². The van der Waals surface area contributed by atoms with Crippen molar-refractivity contribution in [3.8, 4) is 0 Å². The molecule has 96 valence electrons. The number of nitrogens with one attached hydrogen (secondary N) is 1. The lowest BCUT2D eigenvalue weighted by Crippen LogP contribution is -1.98. The summed E-state index contributed by atoms with van der Waals surface area (Å²) < 4.78 is 0. The predicted octanol–water partition coefficient (Wildman–Crippen LogP) is 5.25. The maximum atomic E-state index is 4.50. The second-order valence-electron chi connectivity index (χ2n) is 4.93. The maximum Gasteiger partial charge on any atom is 0.0638 e. The zero-order chi connectivity index (χ0) is 13.2. The van der Waals surface area contributed by atoms with E-state index in [0.717, 1.165) is 11.4 Å². The van der Waals surface area contributed by atoms with Crippen LogP contribution in [0.1, 0.15) is 13.8 Å². The maximum absolute atomic E-state index is 4.50. The smallest absolute Gasteiger partial charge is 0.0638 e. The van der Waals surface area contributed by atoms with Gasteiger partial charge in [-0.05, 0) is 36.2 Å². The van der Waals surface area contributed by atoms with Crippen LogP contribution in [0.4, 0.5) is 17.1 Å². The number of fused-ring (bicyclic) bond motifs is 2. The lowest BCUT2D eigenvalue weighted by Gasteiger charge is -2.20. The van der Waals surface area contributed by atoms with Gasteiger partial charge in [-0.15, -0.1) is 0 Å². The molecule has 2 aromatic rings. The van der Waals surface area contributed by atoms with Crippen LogP contribution in [-0.4, -0.2) is 6.21 Å². The van der Waals surface area contributed by atoms with Gasteiger partial charge < -0.3 is 5.32 Å². The summed E-state index contributed by atoms with van der Waals surface area (Å²) in [6.07, 6.45) is 1.98. The Morgan fingerprint density at radius 1 is 1.05 bits per heavy atom. The molecular formula is C16H16N2S. The van der Waals surface area contributed by atoms with E-state index in [1.54, 1.807) is 11.8 Å². The van der Waals surface area contributed by atoms with Gasteiger partial charge >= 0.3 is 0 Å². The first-order chi connectivity index (χ1) is 9.22. The van der Waals surface area contributed by atoms with Crippen LogP contribution < -0.4 is 5.32 Å². The third-order valence-electron chi connectivity index (χ3n) is 2.86. The number of aliphatic imine (C=N–C) groups is 1. The largest absolute Gasteiger partial charge is 0.354 e. The molecule has 2 nitrogen and oxygen atoms in total. The SMILES string of the molecule is CC(C)C=Nc1ccc2c(c1)Sc1ccccc1N2. The molecule has 0 unspecified atom stereocenters. The third kappa shape index (κ3) is 2.66. The van der Waals surface area contributed by atoms with Crippen molar-refractivity contribution in [1.29, 1.82) is 0 Å². The highest BCUT2D eigenvalue weighted by Crippen LogP contribution is 2.45. The molecule has 3 rings (SSSR count). The Morgan fingerprint density at radius 2 is 1.84 bits per heavy atom. The molecule has 0 radical (unpaired) electrons. The standard InChI is InChI=1S/C16H16N2S/c1-11(2)10-17-12-7-8-14-16(9-12)19-15-6-4-3-5-13(15)18-14/h3-11,18H,1-2H3. The molecule has 0 spiro atoms. The Balaban J connectivity index is 1.92. The van der Waals surface area contributed by atoms with Crippen molar-refractivity contribution in [3.05, 3.63) is 42.5 Å². The van der Waals surface area contributed by atoms with E-state index in [4.69, 9.17) is 0 Å². The van der Waals surface area contributed by atoms with Gasteiger partial charge in [0, 0.05) is 16.0 Å². The molecule has 19 heavy (non-hydrogen) atoms. The first kappa shape index (κ1) is 12.3. The first-order valence-electron chi connectivity index (χ1n) is 6.44. The summed E-state index contributed by atoms with van der Waals surface area (Å²) in [6.45, 7) is 4.27. The Labute approximate surface area is 118 Å². The fourth-order valence-corrected chi connectivity index (χ4v) is 2.96. The Bertz CT molecular complexity index is 632. The Kier molecular flexibility index (Phi) is 3.30. The molecule has 0 saturated carbocycles. The number of hydrogen-bond acceptors (Lipinski definition) is 3. The molecule has 0 saturated heterocycles.